The zero-order chi connectivity index (χ0) is 29.9. The van der Waals surface area contributed by atoms with Crippen molar-refractivity contribution in [3.63, 3.8) is 0 Å². The quantitative estimate of drug-likeness (QED) is 0.400. The molecule has 42 heavy (non-hydrogen) atoms. The molecule has 2 fully saturated rings. The van der Waals surface area contributed by atoms with E-state index in [0.717, 1.165) is 42.7 Å². The number of carbonyl (C=O) groups excluding carboxylic acids is 3. The highest BCUT2D eigenvalue weighted by Crippen LogP contribution is 2.28. The largest absolute Gasteiger partial charge is 0.446 e. The Balaban J connectivity index is 1.14. The van der Waals surface area contributed by atoms with E-state index in [1.54, 1.807) is 26.2 Å². The average molecular weight is 581 g/mol. The summed E-state index contributed by atoms with van der Waals surface area (Å²) >= 11 is 0. The minimum atomic E-state index is -0.447. The Hall–Kier alpha value is -3.47. The maximum absolute atomic E-state index is 12.9. The molecule has 10 heteroatoms. The topological polar surface area (TPSA) is 101 Å². The number of likely N-dealkylation sites (tertiary alicyclic amines) is 2. The lowest BCUT2D eigenvalue weighted by atomic mass is 9.95. The van der Waals surface area contributed by atoms with Crippen molar-refractivity contribution in [2.75, 3.05) is 65.9 Å². The Morgan fingerprint density at radius 3 is 2.21 bits per heavy atom. The van der Waals surface area contributed by atoms with E-state index in [1.165, 1.54) is 0 Å². The second-order valence-electron chi connectivity index (χ2n) is 11.0. The van der Waals surface area contributed by atoms with Crippen molar-refractivity contribution >= 4 is 23.6 Å². The molecule has 2 saturated heterocycles. The minimum Gasteiger partial charge on any atom is -0.446 e. The van der Waals surface area contributed by atoms with Crippen molar-refractivity contribution in [2.45, 2.75) is 44.5 Å². The predicted octanol–water partition coefficient (Wildman–Crippen LogP) is 4.07. The molecule has 0 aromatic heterocycles. The van der Waals surface area contributed by atoms with E-state index >= 15 is 0 Å². The number of ether oxygens (including phenoxy) is 3. The number of para-hydroxylation sites is 1. The van der Waals surface area contributed by atoms with Crippen LogP contribution in [0.4, 0.5) is 10.5 Å². The first-order valence-corrected chi connectivity index (χ1v) is 14.8. The van der Waals surface area contributed by atoms with Gasteiger partial charge in [-0.15, -0.1) is 0 Å². The lowest BCUT2D eigenvalue weighted by molar-refractivity contribution is -0.149. The third-order valence-corrected chi connectivity index (χ3v) is 8.22. The number of benzene rings is 2. The van der Waals surface area contributed by atoms with E-state index < -0.39 is 12.4 Å². The van der Waals surface area contributed by atoms with Crippen LogP contribution in [-0.4, -0.2) is 106 Å². The van der Waals surface area contributed by atoms with Crippen LogP contribution in [-0.2, 0) is 23.8 Å². The summed E-state index contributed by atoms with van der Waals surface area (Å²) in [5.74, 6) is 0.111. The highest BCUT2D eigenvalue weighted by Gasteiger charge is 2.30. The van der Waals surface area contributed by atoms with E-state index in [0.29, 0.717) is 45.4 Å². The number of carbonyl (C=O) groups is 3. The Bertz CT molecular complexity index is 1160. The molecule has 0 spiro atoms. The van der Waals surface area contributed by atoms with Gasteiger partial charge in [0.25, 0.3) is 0 Å². The summed E-state index contributed by atoms with van der Waals surface area (Å²) in [5, 5.41) is 2.91. The van der Waals surface area contributed by atoms with Crippen LogP contribution in [0.15, 0.2) is 54.6 Å². The number of nitrogens with one attached hydrogen (secondary N) is 1. The highest BCUT2D eigenvalue weighted by molar-refractivity contribution is 5.91. The van der Waals surface area contributed by atoms with Gasteiger partial charge in [-0.25, -0.2) is 4.79 Å². The third-order valence-electron chi connectivity index (χ3n) is 8.22. The molecular weight excluding hydrogens is 536 g/mol. The average Bonchev–Trinajstić information content (AvgIpc) is 3.03. The smallest absolute Gasteiger partial charge is 0.411 e. The molecule has 0 saturated carbocycles. The van der Waals surface area contributed by atoms with E-state index in [1.807, 2.05) is 59.5 Å². The Morgan fingerprint density at radius 2 is 1.55 bits per heavy atom. The molecule has 2 heterocycles. The number of hydrogen-bond donors (Lipinski definition) is 1. The van der Waals surface area contributed by atoms with Crippen molar-refractivity contribution in [2.24, 2.45) is 5.92 Å². The molecule has 0 unspecified atom stereocenters. The van der Waals surface area contributed by atoms with Crippen LogP contribution in [0.1, 0.15) is 32.1 Å². The molecule has 2 aliphatic heterocycles. The minimum absolute atomic E-state index is 0.0698. The number of piperidine rings is 2. The number of anilines is 1. The number of nitrogens with zero attached hydrogens (tertiary/aromatic N) is 3. The Labute approximate surface area is 248 Å². The third kappa shape index (κ3) is 8.77. The van der Waals surface area contributed by atoms with Gasteiger partial charge in [0, 0.05) is 71.9 Å². The molecule has 1 N–H and O–H groups in total. The molecule has 4 rings (SSSR count). The van der Waals surface area contributed by atoms with Gasteiger partial charge in [-0.05, 0) is 37.3 Å². The van der Waals surface area contributed by atoms with Gasteiger partial charge < -0.3 is 28.9 Å². The van der Waals surface area contributed by atoms with Gasteiger partial charge in [-0.1, -0.05) is 48.5 Å². The number of methoxy groups -OCH3 is 2. The van der Waals surface area contributed by atoms with Gasteiger partial charge in [-0.3, -0.25) is 14.9 Å². The molecular formula is C32H44N4O6. The molecule has 0 aliphatic carbocycles. The van der Waals surface area contributed by atoms with Crippen LogP contribution < -0.4 is 5.32 Å². The van der Waals surface area contributed by atoms with Gasteiger partial charge in [0.15, 0.2) is 6.29 Å². The first-order valence-electron chi connectivity index (χ1n) is 14.8. The predicted molar refractivity (Wildman–Crippen MR) is 161 cm³/mol. The van der Waals surface area contributed by atoms with E-state index in [4.69, 9.17) is 14.2 Å². The SMILES string of the molecule is COC(CN(C)C(=O)C1CCN(C(=O)CCN2CCC(OC(=O)Nc3ccccc3-c3ccccc3)CC2)CC1)OC. The van der Waals surface area contributed by atoms with Gasteiger partial charge in [-0.2, -0.15) is 0 Å². The zero-order valence-corrected chi connectivity index (χ0v) is 25.0. The summed E-state index contributed by atoms with van der Waals surface area (Å²) in [4.78, 5) is 44.2. The number of likely N-dealkylation sites (N-methyl/N-ethyl adjacent to an activating group) is 1. The van der Waals surface area contributed by atoms with Gasteiger partial charge in [0.2, 0.25) is 11.8 Å². The summed E-state index contributed by atoms with van der Waals surface area (Å²) in [6.45, 7) is 3.80. The van der Waals surface area contributed by atoms with Crippen molar-refractivity contribution in [3.05, 3.63) is 54.6 Å². The van der Waals surface area contributed by atoms with E-state index in [2.05, 4.69) is 10.2 Å². The monoisotopic (exact) mass is 580 g/mol. The lowest BCUT2D eigenvalue weighted by Gasteiger charge is -2.35. The first-order chi connectivity index (χ1) is 20.4. The second-order valence-corrected chi connectivity index (χ2v) is 11.0. The fourth-order valence-corrected chi connectivity index (χ4v) is 5.66. The fourth-order valence-electron chi connectivity index (χ4n) is 5.66. The van der Waals surface area contributed by atoms with E-state index in [-0.39, 0.29) is 23.8 Å². The highest BCUT2D eigenvalue weighted by atomic mass is 16.7. The molecule has 2 aliphatic rings. The molecule has 2 aromatic rings. The zero-order valence-electron chi connectivity index (χ0n) is 25.0. The number of rotatable bonds is 11. The van der Waals surface area contributed by atoms with Gasteiger partial charge in [0.05, 0.1) is 12.2 Å². The normalized spacial score (nSPS) is 16.8. The maximum Gasteiger partial charge on any atom is 0.411 e. The molecule has 0 radical (unpaired) electrons. The van der Waals surface area contributed by atoms with Crippen LogP contribution in [0.2, 0.25) is 0 Å². The summed E-state index contributed by atoms with van der Waals surface area (Å²) in [7, 11) is 4.87. The van der Waals surface area contributed by atoms with Crippen molar-refractivity contribution in [3.8, 4) is 11.1 Å². The number of hydrogen-bond acceptors (Lipinski definition) is 7. The van der Waals surface area contributed by atoms with Crippen molar-refractivity contribution in [1.29, 1.82) is 0 Å². The number of amides is 3. The van der Waals surface area contributed by atoms with Crippen LogP contribution in [0.5, 0.6) is 0 Å². The summed E-state index contributed by atoms with van der Waals surface area (Å²) < 4.78 is 16.1. The molecule has 228 valence electrons. The lowest BCUT2D eigenvalue weighted by Crippen LogP contribution is -2.46. The maximum atomic E-state index is 12.9. The second kappa shape index (κ2) is 15.7. The summed E-state index contributed by atoms with van der Waals surface area (Å²) in [6, 6.07) is 17.6. The first kappa shape index (κ1) is 31.5. The van der Waals surface area contributed by atoms with Crippen LogP contribution >= 0.6 is 0 Å². The van der Waals surface area contributed by atoms with Crippen molar-refractivity contribution < 1.29 is 28.6 Å². The van der Waals surface area contributed by atoms with Crippen molar-refractivity contribution in [1.82, 2.24) is 14.7 Å². The standard InChI is InChI=1S/C32H44N4O6/c1-34(23-30(40-2)41-3)31(38)25-13-21-36(22-14-25)29(37)17-20-35-18-15-26(16-19-35)42-32(39)33-28-12-8-7-11-27(28)24-9-5-4-6-10-24/h4-12,25-26,30H,13-23H2,1-3H3,(H,33,39). The van der Waals surface area contributed by atoms with Crippen LogP contribution in [0, 0.1) is 5.92 Å². The van der Waals surface area contributed by atoms with Gasteiger partial charge >= 0.3 is 6.09 Å². The molecule has 0 bridgehead atoms. The van der Waals surface area contributed by atoms with Crippen LogP contribution in [0.25, 0.3) is 11.1 Å². The fraction of sp³-hybridized carbons (Fsp3) is 0.531. The molecule has 0 atom stereocenters. The Morgan fingerprint density at radius 1 is 0.905 bits per heavy atom. The van der Waals surface area contributed by atoms with E-state index in [9.17, 15) is 14.4 Å². The van der Waals surface area contributed by atoms with Gasteiger partial charge in [0.1, 0.15) is 6.10 Å². The molecule has 3 amide bonds. The molecule has 2 aromatic carbocycles. The molecule has 10 nitrogen and oxygen atoms in total. The Kier molecular flexibility index (Phi) is 11.7. The summed E-state index contributed by atoms with van der Waals surface area (Å²) in [5.41, 5.74) is 2.69. The summed E-state index contributed by atoms with van der Waals surface area (Å²) in [6.07, 6.45) is 2.20. The van der Waals surface area contributed by atoms with Crippen LogP contribution in [0.3, 0.4) is 0 Å².